The number of fused-ring (bicyclic) bond motifs is 1. The van der Waals surface area contributed by atoms with Gasteiger partial charge in [0, 0.05) is 25.2 Å². The van der Waals surface area contributed by atoms with Gasteiger partial charge in [-0.25, -0.2) is 23.6 Å². The molecular weight excluding hydrogens is 577 g/mol. The van der Waals surface area contributed by atoms with Crippen molar-refractivity contribution in [2.75, 3.05) is 11.1 Å². The van der Waals surface area contributed by atoms with Gasteiger partial charge in [-0.05, 0) is 47.9 Å². The minimum Gasteiger partial charge on any atom is -0.493 e. The van der Waals surface area contributed by atoms with Crippen LogP contribution in [-0.2, 0) is 19.6 Å². The van der Waals surface area contributed by atoms with E-state index in [-0.39, 0.29) is 65.2 Å². The van der Waals surface area contributed by atoms with Crippen LogP contribution in [0.5, 0.6) is 5.88 Å². The van der Waals surface area contributed by atoms with E-state index in [0.29, 0.717) is 16.7 Å². The Bertz CT molecular complexity index is 2050. The molecule has 2 amide bonds. The second-order valence-corrected chi connectivity index (χ2v) is 9.82. The number of carboxylic acids is 1. The molecule has 224 valence electrons. The Kier molecular flexibility index (Phi) is 7.77. The average molecular weight is 602 g/mol. The quantitative estimate of drug-likeness (QED) is 0.125. The highest BCUT2D eigenvalue weighted by molar-refractivity contribution is 5.98. The van der Waals surface area contributed by atoms with Crippen LogP contribution in [0.4, 0.5) is 15.8 Å². The Morgan fingerprint density at radius 2 is 1.64 bits per heavy atom. The zero-order chi connectivity index (χ0) is 31.7. The van der Waals surface area contributed by atoms with Crippen molar-refractivity contribution < 1.29 is 29.0 Å². The number of carboxylic acid groups (broad SMARTS) is 1. The number of imidazole rings is 1. The lowest BCUT2D eigenvalue weighted by molar-refractivity contribution is 0.0695. The summed E-state index contributed by atoms with van der Waals surface area (Å²) in [6.45, 7) is 1.46. The number of hydrogen-bond donors (Lipinski definition) is 6. The lowest BCUT2D eigenvalue weighted by Gasteiger charge is -2.13. The smallest absolute Gasteiger partial charge is 0.335 e. The van der Waals surface area contributed by atoms with Crippen LogP contribution >= 0.6 is 0 Å². The van der Waals surface area contributed by atoms with E-state index in [0.717, 1.165) is 10.6 Å². The number of aromatic carboxylic acids is 1. The van der Waals surface area contributed by atoms with Crippen LogP contribution in [0.25, 0.3) is 5.78 Å². The SMILES string of the molecule is Cc1cc(CNC(=O)c2cc(C(=O)NCc3ccc(F)c(CNc4c(N)c(=O)c4=O)c3)nc3ncc(O)n23)ccc1C(=O)O. The molecule has 0 aliphatic carbocycles. The van der Waals surface area contributed by atoms with Crippen molar-refractivity contribution in [3.8, 4) is 5.88 Å². The third-order valence-corrected chi connectivity index (χ3v) is 6.87. The summed E-state index contributed by atoms with van der Waals surface area (Å²) in [7, 11) is 0. The van der Waals surface area contributed by atoms with Gasteiger partial charge >= 0.3 is 5.97 Å². The average Bonchev–Trinajstić information content (AvgIpc) is 3.39. The minimum absolute atomic E-state index is 0.0243. The molecule has 0 saturated carbocycles. The molecule has 0 aliphatic rings. The summed E-state index contributed by atoms with van der Waals surface area (Å²) in [6.07, 6.45) is 1.07. The number of nitrogens with two attached hydrogens (primary N) is 1. The number of hydrogen-bond acceptors (Lipinski definition) is 10. The van der Waals surface area contributed by atoms with Gasteiger partial charge in [-0.15, -0.1) is 0 Å². The number of anilines is 2. The van der Waals surface area contributed by atoms with E-state index in [1.807, 2.05) is 0 Å². The molecular formula is C29H24FN7O7. The molecule has 0 saturated heterocycles. The molecule has 2 heterocycles. The Balaban J connectivity index is 1.29. The van der Waals surface area contributed by atoms with Crippen LogP contribution in [-0.4, -0.2) is 42.4 Å². The maximum Gasteiger partial charge on any atom is 0.335 e. The summed E-state index contributed by atoms with van der Waals surface area (Å²) in [5, 5.41) is 27.4. The molecule has 15 heteroatoms. The summed E-state index contributed by atoms with van der Waals surface area (Å²) in [6, 6.07) is 9.86. The van der Waals surface area contributed by atoms with Gasteiger partial charge in [0.05, 0.1) is 11.8 Å². The number of nitrogens with zero attached hydrogens (tertiary/aromatic N) is 3. The monoisotopic (exact) mass is 601 g/mol. The first-order valence-corrected chi connectivity index (χ1v) is 13.0. The third kappa shape index (κ3) is 5.65. The van der Waals surface area contributed by atoms with Gasteiger partial charge in [-0.1, -0.05) is 18.2 Å². The third-order valence-electron chi connectivity index (χ3n) is 6.87. The number of aromatic nitrogens is 3. The van der Waals surface area contributed by atoms with Crippen molar-refractivity contribution in [1.29, 1.82) is 0 Å². The lowest BCUT2D eigenvalue weighted by atomic mass is 10.1. The van der Waals surface area contributed by atoms with E-state index < -0.39 is 34.5 Å². The fraction of sp³-hybridized carbons (Fsp3) is 0.138. The number of nitrogens with one attached hydrogen (secondary N) is 3. The lowest BCUT2D eigenvalue weighted by Crippen LogP contribution is -2.37. The molecule has 0 spiro atoms. The Hall–Kier alpha value is -6.12. The van der Waals surface area contributed by atoms with Gasteiger partial charge in [-0.3, -0.25) is 19.2 Å². The van der Waals surface area contributed by atoms with Crippen LogP contribution in [0, 0.1) is 12.7 Å². The standard InChI is InChI=1S/C29H24FN7O7/c1-13-6-14(2-4-17(13)28(43)44)9-34-27(42)20-8-19(36-29-35-12-21(38)37(20)29)26(41)33-10-15-3-5-18(30)16(7-15)11-32-23-22(31)24(39)25(23)40/h2-8,12,32,38H,9-11,31H2,1H3,(H,33,41)(H,34,42)(H,43,44). The number of carbonyl (C=O) groups is 3. The molecule has 14 nitrogen and oxygen atoms in total. The van der Waals surface area contributed by atoms with Crippen LogP contribution in [0.2, 0.25) is 0 Å². The van der Waals surface area contributed by atoms with Crippen LogP contribution < -0.4 is 32.5 Å². The second kappa shape index (κ2) is 11.6. The van der Waals surface area contributed by atoms with Crippen molar-refractivity contribution in [2.45, 2.75) is 26.6 Å². The van der Waals surface area contributed by atoms with E-state index in [9.17, 15) is 38.6 Å². The summed E-state index contributed by atoms with van der Waals surface area (Å²) in [5.74, 6) is -3.51. The van der Waals surface area contributed by atoms with Crippen LogP contribution in [0.1, 0.15) is 53.6 Å². The normalized spacial score (nSPS) is 11.0. The molecule has 2 aromatic heterocycles. The zero-order valence-electron chi connectivity index (χ0n) is 23.0. The van der Waals surface area contributed by atoms with Crippen LogP contribution in [0.3, 0.4) is 0 Å². The number of carbonyl (C=O) groups excluding carboxylic acids is 2. The summed E-state index contributed by atoms with van der Waals surface area (Å²) in [4.78, 5) is 68.4. The predicted molar refractivity (Wildman–Crippen MR) is 155 cm³/mol. The number of aromatic hydroxyl groups is 1. The number of rotatable bonds is 10. The Morgan fingerprint density at radius 1 is 0.955 bits per heavy atom. The minimum atomic E-state index is -1.07. The fourth-order valence-electron chi connectivity index (χ4n) is 4.52. The molecule has 7 N–H and O–H groups in total. The van der Waals surface area contributed by atoms with Gasteiger partial charge < -0.3 is 31.9 Å². The van der Waals surface area contributed by atoms with Gasteiger partial charge in [0.1, 0.15) is 28.6 Å². The Morgan fingerprint density at radius 3 is 2.32 bits per heavy atom. The maximum atomic E-state index is 14.4. The molecule has 5 rings (SSSR count). The van der Waals surface area contributed by atoms with E-state index >= 15 is 0 Å². The van der Waals surface area contributed by atoms with Crippen molar-refractivity contribution >= 4 is 34.9 Å². The molecule has 0 atom stereocenters. The molecule has 0 fully saturated rings. The molecule has 0 bridgehead atoms. The molecule has 0 radical (unpaired) electrons. The predicted octanol–water partition coefficient (Wildman–Crippen LogP) is 1.23. The topological polar surface area (TPSA) is 218 Å². The molecule has 5 aromatic rings. The summed E-state index contributed by atoms with van der Waals surface area (Å²) >= 11 is 0. The van der Waals surface area contributed by atoms with Gasteiger partial charge in [0.15, 0.2) is 0 Å². The molecule has 44 heavy (non-hydrogen) atoms. The van der Waals surface area contributed by atoms with Crippen LogP contribution in [0.15, 0.2) is 58.3 Å². The highest BCUT2D eigenvalue weighted by Gasteiger charge is 2.21. The number of benzene rings is 2. The highest BCUT2D eigenvalue weighted by Crippen LogP contribution is 2.18. The van der Waals surface area contributed by atoms with E-state index in [1.165, 1.54) is 30.3 Å². The van der Waals surface area contributed by atoms with E-state index in [1.54, 1.807) is 19.1 Å². The first-order valence-electron chi connectivity index (χ1n) is 13.0. The van der Waals surface area contributed by atoms with Gasteiger partial charge in [0.2, 0.25) is 11.7 Å². The van der Waals surface area contributed by atoms with Gasteiger partial charge in [-0.2, -0.15) is 0 Å². The van der Waals surface area contributed by atoms with E-state index in [2.05, 4.69) is 25.9 Å². The van der Waals surface area contributed by atoms with Crippen molar-refractivity contribution in [3.05, 3.63) is 114 Å². The number of amides is 2. The largest absolute Gasteiger partial charge is 0.493 e. The fourth-order valence-corrected chi connectivity index (χ4v) is 4.52. The maximum absolute atomic E-state index is 14.4. The highest BCUT2D eigenvalue weighted by atomic mass is 19.1. The summed E-state index contributed by atoms with van der Waals surface area (Å²) in [5.41, 5.74) is 5.22. The first kappa shape index (κ1) is 29.4. The molecule has 3 aromatic carbocycles. The van der Waals surface area contributed by atoms with Crippen molar-refractivity contribution in [3.63, 3.8) is 0 Å². The summed E-state index contributed by atoms with van der Waals surface area (Å²) < 4.78 is 15.4. The van der Waals surface area contributed by atoms with Gasteiger partial charge in [0.25, 0.3) is 22.7 Å². The van der Waals surface area contributed by atoms with Crippen molar-refractivity contribution in [1.82, 2.24) is 25.0 Å². The molecule has 0 unspecified atom stereocenters. The zero-order valence-corrected chi connectivity index (χ0v) is 23.0. The van der Waals surface area contributed by atoms with E-state index in [4.69, 9.17) is 5.73 Å². The van der Waals surface area contributed by atoms with Crippen molar-refractivity contribution in [2.24, 2.45) is 0 Å². The molecule has 0 aliphatic heterocycles. The number of aryl methyl sites for hydroxylation is 1. The Labute approximate surface area is 246 Å². The number of nitrogen functional groups attached to an aromatic ring is 1. The second-order valence-electron chi connectivity index (χ2n) is 9.82. The number of halogens is 1. The first-order chi connectivity index (χ1) is 20.9.